The molecule has 2 heterocycles. The molecule has 0 spiro atoms. The van der Waals surface area contributed by atoms with Gasteiger partial charge < -0.3 is 9.21 Å². The van der Waals surface area contributed by atoms with Crippen molar-refractivity contribution < 1.29 is 9.21 Å². The zero-order valence-electron chi connectivity index (χ0n) is 8.49. The molecule has 0 saturated carbocycles. The van der Waals surface area contributed by atoms with E-state index in [2.05, 4.69) is 20.8 Å². The van der Waals surface area contributed by atoms with Crippen molar-refractivity contribution in [2.24, 2.45) is 5.92 Å². The van der Waals surface area contributed by atoms with Crippen molar-refractivity contribution in [3.63, 3.8) is 0 Å². The highest BCUT2D eigenvalue weighted by molar-refractivity contribution is 9.10. The van der Waals surface area contributed by atoms with Gasteiger partial charge in [0.2, 0.25) is 0 Å². The number of halogens is 1. The van der Waals surface area contributed by atoms with Crippen molar-refractivity contribution in [1.29, 1.82) is 0 Å². The van der Waals surface area contributed by atoms with Crippen molar-refractivity contribution in [2.45, 2.75) is 19.4 Å². The highest BCUT2D eigenvalue weighted by atomic mass is 79.9. The van der Waals surface area contributed by atoms with Gasteiger partial charge in [-0.2, -0.15) is 0 Å². The molecule has 0 N–H and O–H groups in total. The first-order valence-electron chi connectivity index (χ1n) is 5.18. The Bertz CT molecular complexity index is 329. The average molecular weight is 272 g/mol. The molecule has 0 unspecified atom stereocenters. The molecule has 1 aliphatic heterocycles. The Labute approximate surface area is 97.6 Å². The second kappa shape index (κ2) is 4.94. The molecule has 2 rings (SSSR count). The van der Waals surface area contributed by atoms with E-state index in [0.29, 0.717) is 0 Å². The summed E-state index contributed by atoms with van der Waals surface area (Å²) in [6.07, 6.45) is 4.84. The molecular weight excluding hydrogens is 258 g/mol. The molecule has 1 aliphatic rings. The standard InChI is InChI=1S/C11H14BrNO2/c12-11-5-10(8-15-11)6-13-3-1-9(7-14)2-4-13/h5,7-9H,1-4,6H2. The maximum atomic E-state index is 10.6. The van der Waals surface area contributed by atoms with Gasteiger partial charge in [0.15, 0.2) is 4.67 Å². The number of likely N-dealkylation sites (tertiary alicyclic amines) is 1. The third kappa shape index (κ3) is 2.92. The summed E-state index contributed by atoms with van der Waals surface area (Å²) in [6, 6.07) is 1.99. The van der Waals surface area contributed by atoms with E-state index in [1.54, 1.807) is 6.26 Å². The van der Waals surface area contributed by atoms with E-state index >= 15 is 0 Å². The van der Waals surface area contributed by atoms with E-state index < -0.39 is 0 Å². The number of hydrogen-bond acceptors (Lipinski definition) is 3. The highest BCUT2D eigenvalue weighted by Crippen LogP contribution is 2.19. The monoisotopic (exact) mass is 271 g/mol. The van der Waals surface area contributed by atoms with Crippen LogP contribution in [0.2, 0.25) is 0 Å². The fraction of sp³-hybridized carbons (Fsp3) is 0.545. The lowest BCUT2D eigenvalue weighted by Crippen LogP contribution is -2.33. The third-order valence-corrected chi connectivity index (χ3v) is 3.27. The number of nitrogens with zero attached hydrogens (tertiary/aromatic N) is 1. The van der Waals surface area contributed by atoms with Crippen LogP contribution < -0.4 is 0 Å². The van der Waals surface area contributed by atoms with Crippen LogP contribution in [0.15, 0.2) is 21.4 Å². The Kier molecular flexibility index (Phi) is 3.59. The van der Waals surface area contributed by atoms with E-state index in [1.807, 2.05) is 6.07 Å². The van der Waals surface area contributed by atoms with Gasteiger partial charge in [0, 0.05) is 18.0 Å². The predicted molar refractivity (Wildman–Crippen MR) is 60.5 cm³/mol. The topological polar surface area (TPSA) is 33.5 Å². The predicted octanol–water partition coefficient (Wildman–Crippen LogP) is 2.45. The van der Waals surface area contributed by atoms with E-state index in [0.717, 1.165) is 43.4 Å². The van der Waals surface area contributed by atoms with Crippen LogP contribution in [0, 0.1) is 5.92 Å². The molecule has 0 aromatic carbocycles. The van der Waals surface area contributed by atoms with Gasteiger partial charge in [0.1, 0.15) is 6.29 Å². The number of rotatable bonds is 3. The van der Waals surface area contributed by atoms with Crippen LogP contribution in [0.25, 0.3) is 0 Å². The maximum absolute atomic E-state index is 10.6. The summed E-state index contributed by atoms with van der Waals surface area (Å²) in [5.74, 6) is 0.275. The van der Waals surface area contributed by atoms with Crippen LogP contribution in [0.4, 0.5) is 0 Å². The minimum atomic E-state index is 0.275. The molecule has 0 aliphatic carbocycles. The molecule has 82 valence electrons. The van der Waals surface area contributed by atoms with Crippen molar-refractivity contribution in [1.82, 2.24) is 4.90 Å². The van der Waals surface area contributed by atoms with Crippen LogP contribution in [-0.2, 0) is 11.3 Å². The lowest BCUT2D eigenvalue weighted by Gasteiger charge is -2.28. The van der Waals surface area contributed by atoms with Gasteiger partial charge in [-0.05, 0) is 47.9 Å². The fourth-order valence-electron chi connectivity index (χ4n) is 1.93. The molecule has 15 heavy (non-hydrogen) atoms. The molecular formula is C11H14BrNO2. The van der Waals surface area contributed by atoms with E-state index in [1.165, 1.54) is 5.56 Å². The summed E-state index contributed by atoms with van der Waals surface area (Å²) in [5.41, 5.74) is 1.19. The summed E-state index contributed by atoms with van der Waals surface area (Å²) < 4.78 is 5.96. The van der Waals surface area contributed by atoms with Crippen LogP contribution in [0.1, 0.15) is 18.4 Å². The summed E-state index contributed by atoms with van der Waals surface area (Å²) in [6.45, 7) is 2.93. The minimum Gasteiger partial charge on any atom is -0.457 e. The molecule has 3 nitrogen and oxygen atoms in total. The first kappa shape index (κ1) is 10.9. The smallest absolute Gasteiger partial charge is 0.169 e. The minimum absolute atomic E-state index is 0.275. The highest BCUT2D eigenvalue weighted by Gasteiger charge is 2.18. The number of hydrogen-bond donors (Lipinski definition) is 0. The van der Waals surface area contributed by atoms with E-state index in [-0.39, 0.29) is 5.92 Å². The number of piperidine rings is 1. The van der Waals surface area contributed by atoms with Gasteiger partial charge in [0.25, 0.3) is 0 Å². The van der Waals surface area contributed by atoms with Crippen LogP contribution in [0.3, 0.4) is 0 Å². The van der Waals surface area contributed by atoms with Crippen LogP contribution in [-0.4, -0.2) is 24.3 Å². The first-order valence-corrected chi connectivity index (χ1v) is 5.98. The zero-order chi connectivity index (χ0) is 10.7. The van der Waals surface area contributed by atoms with Crippen molar-refractivity contribution in [2.75, 3.05) is 13.1 Å². The second-order valence-corrected chi connectivity index (χ2v) is 4.79. The lowest BCUT2D eigenvalue weighted by atomic mass is 9.98. The normalized spacial score (nSPS) is 19.3. The Balaban J connectivity index is 1.84. The molecule has 1 aromatic rings. The molecule has 4 heteroatoms. The van der Waals surface area contributed by atoms with Gasteiger partial charge in [-0.25, -0.2) is 0 Å². The lowest BCUT2D eigenvalue weighted by molar-refractivity contribution is -0.112. The van der Waals surface area contributed by atoms with Gasteiger partial charge >= 0.3 is 0 Å². The number of carbonyl (C=O) groups excluding carboxylic acids is 1. The summed E-state index contributed by atoms with van der Waals surface area (Å²) in [7, 11) is 0. The van der Waals surface area contributed by atoms with Crippen molar-refractivity contribution in [3.05, 3.63) is 22.6 Å². The van der Waals surface area contributed by atoms with E-state index in [9.17, 15) is 4.79 Å². The van der Waals surface area contributed by atoms with Gasteiger partial charge in [-0.15, -0.1) is 0 Å². The Hall–Kier alpha value is -0.610. The van der Waals surface area contributed by atoms with Crippen molar-refractivity contribution in [3.8, 4) is 0 Å². The van der Waals surface area contributed by atoms with Gasteiger partial charge in [-0.1, -0.05) is 0 Å². The quantitative estimate of drug-likeness (QED) is 0.792. The molecule has 0 atom stereocenters. The molecule has 0 bridgehead atoms. The average Bonchev–Trinajstić information content (AvgIpc) is 2.65. The maximum Gasteiger partial charge on any atom is 0.169 e. The molecule has 1 aromatic heterocycles. The van der Waals surface area contributed by atoms with Crippen LogP contribution >= 0.6 is 15.9 Å². The number of furan rings is 1. The number of carbonyl (C=O) groups is 1. The Morgan fingerprint density at radius 3 is 2.80 bits per heavy atom. The second-order valence-electron chi connectivity index (χ2n) is 4.01. The fourth-order valence-corrected chi connectivity index (χ4v) is 2.32. The van der Waals surface area contributed by atoms with Gasteiger partial charge in [-0.3, -0.25) is 4.90 Å². The number of aldehydes is 1. The van der Waals surface area contributed by atoms with Crippen LogP contribution in [0.5, 0.6) is 0 Å². The zero-order valence-corrected chi connectivity index (χ0v) is 10.1. The largest absolute Gasteiger partial charge is 0.457 e. The molecule has 1 saturated heterocycles. The third-order valence-electron chi connectivity index (χ3n) is 2.85. The SMILES string of the molecule is O=CC1CCN(Cc2coc(Br)c2)CC1. The summed E-state index contributed by atoms with van der Waals surface area (Å²) >= 11 is 3.29. The molecule has 1 fully saturated rings. The summed E-state index contributed by atoms with van der Waals surface area (Å²) in [4.78, 5) is 12.9. The Morgan fingerprint density at radius 2 is 2.27 bits per heavy atom. The molecule has 0 amide bonds. The molecule has 0 radical (unpaired) electrons. The van der Waals surface area contributed by atoms with Crippen molar-refractivity contribution >= 4 is 22.2 Å². The van der Waals surface area contributed by atoms with E-state index in [4.69, 9.17) is 4.42 Å². The summed E-state index contributed by atoms with van der Waals surface area (Å²) in [5, 5.41) is 0. The Morgan fingerprint density at radius 1 is 1.53 bits per heavy atom. The van der Waals surface area contributed by atoms with Gasteiger partial charge in [0.05, 0.1) is 6.26 Å². The first-order chi connectivity index (χ1) is 7.28.